The highest BCUT2D eigenvalue weighted by atomic mass is 32.2. The van der Waals surface area contributed by atoms with E-state index in [0.717, 1.165) is 18.8 Å². The minimum atomic E-state index is -3.29. The van der Waals surface area contributed by atoms with Crippen LogP contribution in [0.15, 0.2) is 12.1 Å². The quantitative estimate of drug-likeness (QED) is 0.900. The van der Waals surface area contributed by atoms with Crippen molar-refractivity contribution in [3.63, 3.8) is 0 Å². The Hall–Kier alpha value is -1.37. The summed E-state index contributed by atoms with van der Waals surface area (Å²) in [6.45, 7) is 4.76. The first-order valence-electron chi connectivity index (χ1n) is 7.16. The molecule has 6 nitrogen and oxygen atoms in total. The largest absolute Gasteiger partial charge is 0.352 e. The molecular weight excluding hydrogens is 276 g/mol. The van der Waals surface area contributed by atoms with Crippen LogP contribution < -0.4 is 9.62 Å². The van der Waals surface area contributed by atoms with Crippen molar-refractivity contribution in [3.05, 3.63) is 12.1 Å². The Kier molecular flexibility index (Phi) is 4.80. The molecule has 112 valence electrons. The molecule has 7 heteroatoms. The molecule has 20 heavy (non-hydrogen) atoms. The number of nitrogens with one attached hydrogen (secondary N) is 1. The third-order valence-electron chi connectivity index (χ3n) is 3.68. The second-order valence-corrected chi connectivity index (χ2v) is 7.04. The molecule has 1 aromatic heterocycles. The van der Waals surface area contributed by atoms with E-state index < -0.39 is 10.0 Å². The Morgan fingerprint density at radius 3 is 2.70 bits per heavy atom. The molecule has 0 bridgehead atoms. The minimum absolute atomic E-state index is 0.0282. The van der Waals surface area contributed by atoms with E-state index in [0.29, 0.717) is 6.04 Å². The maximum atomic E-state index is 11.5. The summed E-state index contributed by atoms with van der Waals surface area (Å²) in [7, 11) is -3.29. The molecule has 0 amide bonds. The number of nitrogens with zero attached hydrogens (tertiary/aromatic N) is 3. The summed E-state index contributed by atoms with van der Waals surface area (Å²) in [5, 5.41) is 8.14. The first kappa shape index (κ1) is 15.0. The molecule has 1 unspecified atom stereocenters. The van der Waals surface area contributed by atoms with Gasteiger partial charge in [0.15, 0.2) is 11.6 Å². The van der Waals surface area contributed by atoms with Gasteiger partial charge in [-0.2, -0.15) is 0 Å². The van der Waals surface area contributed by atoms with Crippen LogP contribution in [0.25, 0.3) is 0 Å². The SMILES string of the molecule is CCC1CCCCN1c1ccc(NS(=O)(=O)CC)nn1. The number of anilines is 2. The van der Waals surface area contributed by atoms with E-state index in [2.05, 4.69) is 26.7 Å². The fourth-order valence-electron chi connectivity index (χ4n) is 2.49. The van der Waals surface area contributed by atoms with E-state index in [1.165, 1.54) is 19.3 Å². The zero-order valence-electron chi connectivity index (χ0n) is 12.0. The molecule has 1 aromatic rings. The van der Waals surface area contributed by atoms with Gasteiger partial charge >= 0.3 is 0 Å². The lowest BCUT2D eigenvalue weighted by molar-refractivity contribution is 0.445. The normalized spacial score (nSPS) is 19.9. The lowest BCUT2D eigenvalue weighted by Gasteiger charge is -2.35. The molecule has 0 aromatic carbocycles. The molecule has 1 aliphatic rings. The van der Waals surface area contributed by atoms with Crippen molar-refractivity contribution >= 4 is 21.7 Å². The van der Waals surface area contributed by atoms with Gasteiger partial charge in [0.2, 0.25) is 10.0 Å². The Balaban J connectivity index is 2.11. The van der Waals surface area contributed by atoms with Crippen LogP contribution in [0.3, 0.4) is 0 Å². The van der Waals surface area contributed by atoms with Gasteiger partial charge in [0.05, 0.1) is 5.75 Å². The first-order chi connectivity index (χ1) is 9.55. The van der Waals surface area contributed by atoms with Gasteiger partial charge in [0.1, 0.15) is 0 Å². The number of piperidine rings is 1. The number of hydrogen-bond donors (Lipinski definition) is 1. The highest BCUT2D eigenvalue weighted by molar-refractivity contribution is 7.92. The lowest BCUT2D eigenvalue weighted by atomic mass is 10.0. The lowest BCUT2D eigenvalue weighted by Crippen LogP contribution is -2.39. The van der Waals surface area contributed by atoms with Crippen LogP contribution >= 0.6 is 0 Å². The standard InChI is InChI=1S/C13H22N4O2S/c1-3-11-7-5-6-10-17(11)13-9-8-12(14-15-13)16-20(18,19)4-2/h8-9,11H,3-7,10H2,1-2H3,(H,14,16). The van der Waals surface area contributed by atoms with Crippen molar-refractivity contribution in [3.8, 4) is 0 Å². The third-order valence-corrected chi connectivity index (χ3v) is 4.96. The topological polar surface area (TPSA) is 75.2 Å². The molecule has 1 saturated heterocycles. The average molecular weight is 298 g/mol. The van der Waals surface area contributed by atoms with Crippen LogP contribution in [0.1, 0.15) is 39.5 Å². The van der Waals surface area contributed by atoms with Gasteiger partial charge in [0, 0.05) is 12.6 Å². The maximum Gasteiger partial charge on any atom is 0.233 e. The Labute approximate surface area is 120 Å². The fraction of sp³-hybridized carbons (Fsp3) is 0.692. The van der Waals surface area contributed by atoms with E-state index in [-0.39, 0.29) is 11.6 Å². The minimum Gasteiger partial charge on any atom is -0.352 e. The molecule has 0 saturated carbocycles. The van der Waals surface area contributed by atoms with E-state index in [1.54, 1.807) is 13.0 Å². The summed E-state index contributed by atoms with van der Waals surface area (Å²) in [4.78, 5) is 2.27. The highest BCUT2D eigenvalue weighted by Crippen LogP contribution is 2.24. The molecule has 0 spiro atoms. The van der Waals surface area contributed by atoms with Crippen molar-refractivity contribution in [1.82, 2.24) is 10.2 Å². The van der Waals surface area contributed by atoms with Gasteiger partial charge in [-0.1, -0.05) is 6.92 Å². The smallest absolute Gasteiger partial charge is 0.233 e. The van der Waals surface area contributed by atoms with E-state index in [1.807, 2.05) is 6.07 Å². The van der Waals surface area contributed by atoms with Crippen molar-refractivity contribution in [1.29, 1.82) is 0 Å². The molecule has 2 heterocycles. The van der Waals surface area contributed by atoms with Crippen LogP contribution in [0, 0.1) is 0 Å². The van der Waals surface area contributed by atoms with Crippen molar-refractivity contribution in [2.24, 2.45) is 0 Å². The Morgan fingerprint density at radius 1 is 1.30 bits per heavy atom. The zero-order chi connectivity index (χ0) is 14.6. The Morgan fingerprint density at radius 2 is 2.10 bits per heavy atom. The summed E-state index contributed by atoms with van der Waals surface area (Å²) >= 11 is 0. The third kappa shape index (κ3) is 3.59. The van der Waals surface area contributed by atoms with Gasteiger partial charge in [-0.25, -0.2) is 8.42 Å². The van der Waals surface area contributed by atoms with Crippen molar-refractivity contribution in [2.75, 3.05) is 21.9 Å². The van der Waals surface area contributed by atoms with Crippen molar-refractivity contribution < 1.29 is 8.42 Å². The summed E-state index contributed by atoms with van der Waals surface area (Å²) in [5.74, 6) is 1.14. The van der Waals surface area contributed by atoms with Crippen LogP contribution in [-0.2, 0) is 10.0 Å². The number of rotatable bonds is 5. The molecule has 1 N–H and O–H groups in total. The predicted molar refractivity (Wildman–Crippen MR) is 80.4 cm³/mol. The second-order valence-electron chi connectivity index (χ2n) is 5.03. The molecule has 1 atom stereocenters. The van der Waals surface area contributed by atoms with Crippen LogP contribution in [0.4, 0.5) is 11.6 Å². The number of hydrogen-bond acceptors (Lipinski definition) is 5. The molecular formula is C13H22N4O2S. The maximum absolute atomic E-state index is 11.5. The summed E-state index contributed by atoms with van der Waals surface area (Å²) in [6, 6.07) is 4.03. The number of sulfonamides is 1. The monoisotopic (exact) mass is 298 g/mol. The molecule has 1 aliphatic heterocycles. The van der Waals surface area contributed by atoms with Gasteiger partial charge in [-0.15, -0.1) is 10.2 Å². The van der Waals surface area contributed by atoms with E-state index >= 15 is 0 Å². The molecule has 0 aliphatic carbocycles. The fourth-order valence-corrected chi connectivity index (χ4v) is 3.06. The summed E-state index contributed by atoms with van der Waals surface area (Å²) in [5.41, 5.74) is 0. The van der Waals surface area contributed by atoms with Gasteiger partial charge in [-0.05, 0) is 44.7 Å². The average Bonchev–Trinajstić information content (AvgIpc) is 2.48. The van der Waals surface area contributed by atoms with Gasteiger partial charge in [-0.3, -0.25) is 4.72 Å². The summed E-state index contributed by atoms with van der Waals surface area (Å²) in [6.07, 6.45) is 4.70. The first-order valence-corrected chi connectivity index (χ1v) is 8.82. The van der Waals surface area contributed by atoms with Gasteiger partial charge in [0.25, 0.3) is 0 Å². The zero-order valence-corrected chi connectivity index (χ0v) is 12.9. The second kappa shape index (κ2) is 6.39. The summed E-state index contributed by atoms with van der Waals surface area (Å²) < 4.78 is 25.3. The number of aromatic nitrogens is 2. The van der Waals surface area contributed by atoms with Crippen LogP contribution in [0.2, 0.25) is 0 Å². The van der Waals surface area contributed by atoms with E-state index in [4.69, 9.17) is 0 Å². The highest BCUT2D eigenvalue weighted by Gasteiger charge is 2.22. The van der Waals surface area contributed by atoms with E-state index in [9.17, 15) is 8.42 Å². The Bertz CT molecular complexity index is 530. The van der Waals surface area contributed by atoms with Gasteiger partial charge < -0.3 is 4.90 Å². The molecule has 2 rings (SSSR count). The van der Waals surface area contributed by atoms with Crippen molar-refractivity contribution in [2.45, 2.75) is 45.6 Å². The van der Waals surface area contributed by atoms with Crippen LogP contribution in [0.5, 0.6) is 0 Å². The molecule has 1 fully saturated rings. The van der Waals surface area contributed by atoms with Crippen LogP contribution in [-0.4, -0.2) is 37.0 Å². The molecule has 0 radical (unpaired) electrons. The predicted octanol–water partition coefficient (Wildman–Crippen LogP) is 2.01.